The quantitative estimate of drug-likeness (QED) is 0.134. The highest BCUT2D eigenvalue weighted by atomic mass is 16.5. The molecular weight excluding hydrogens is 586 g/mol. The van der Waals surface area contributed by atoms with Crippen molar-refractivity contribution >= 4 is 39.4 Å². The molecule has 1 fully saturated rings. The second kappa shape index (κ2) is 16.0. The van der Waals surface area contributed by atoms with Gasteiger partial charge in [0.15, 0.2) is 0 Å². The molecule has 0 saturated carbocycles. The summed E-state index contributed by atoms with van der Waals surface area (Å²) in [6.07, 6.45) is 5.19. The molecule has 2 N–H and O–H groups in total. The summed E-state index contributed by atoms with van der Waals surface area (Å²) in [5.74, 6) is -0.144. The Balaban J connectivity index is 1.13. The van der Waals surface area contributed by atoms with Crippen LogP contribution < -0.4 is 10.6 Å². The number of anilines is 1. The van der Waals surface area contributed by atoms with Crippen molar-refractivity contribution in [2.45, 2.75) is 18.5 Å². The van der Waals surface area contributed by atoms with E-state index < -0.39 is 0 Å². The second-order valence-electron chi connectivity index (χ2n) is 11.8. The third-order valence-electron chi connectivity index (χ3n) is 8.40. The molecule has 0 unspecified atom stereocenters. The van der Waals surface area contributed by atoms with Gasteiger partial charge in [-0.25, -0.2) is 0 Å². The van der Waals surface area contributed by atoms with E-state index >= 15 is 0 Å². The summed E-state index contributed by atoms with van der Waals surface area (Å²) in [5.41, 5.74) is 5.20. The van der Waals surface area contributed by atoms with Crippen LogP contribution in [0.2, 0.25) is 0 Å². The van der Waals surface area contributed by atoms with Crippen molar-refractivity contribution in [1.82, 2.24) is 19.7 Å². The van der Waals surface area contributed by atoms with Crippen LogP contribution in [0.4, 0.5) is 5.69 Å². The molecule has 11 nitrogen and oxygen atoms in total. The lowest BCUT2D eigenvalue weighted by Crippen LogP contribution is -2.34. The zero-order valence-corrected chi connectivity index (χ0v) is 27.0. The Labute approximate surface area is 270 Å². The number of nitrogens with zero attached hydrogens (tertiary/aromatic N) is 3. The number of aryl methyl sites for hydroxylation is 1. The van der Waals surface area contributed by atoms with Crippen molar-refractivity contribution in [1.29, 1.82) is 0 Å². The number of amides is 2. The smallest absolute Gasteiger partial charge is 0.250 e. The number of benzene rings is 2. The highest BCUT2D eigenvalue weighted by Gasteiger charge is 2.37. The molecule has 2 amide bonds. The first kappa shape index (κ1) is 33.4. The number of carbonyl (C=O) groups excluding carboxylic acids is 2. The van der Waals surface area contributed by atoms with Gasteiger partial charge in [-0.1, -0.05) is 36.9 Å². The van der Waals surface area contributed by atoms with Crippen molar-refractivity contribution < 1.29 is 28.2 Å². The van der Waals surface area contributed by atoms with Gasteiger partial charge < -0.3 is 38.7 Å². The van der Waals surface area contributed by atoms with Crippen LogP contribution in [0.1, 0.15) is 17.0 Å². The lowest BCUT2D eigenvalue weighted by atomic mass is 9.93. The minimum Gasteiger partial charge on any atom is -0.464 e. The fourth-order valence-corrected chi connectivity index (χ4v) is 6.25. The Morgan fingerprint density at radius 1 is 1.02 bits per heavy atom. The predicted octanol–water partition coefficient (Wildman–Crippen LogP) is 3.74. The monoisotopic (exact) mass is 631 g/mol. The molecular formula is C35H45N5O6. The summed E-state index contributed by atoms with van der Waals surface area (Å²) >= 11 is 0. The van der Waals surface area contributed by atoms with Gasteiger partial charge in [-0.3, -0.25) is 14.5 Å². The third-order valence-corrected chi connectivity index (χ3v) is 8.40. The summed E-state index contributed by atoms with van der Waals surface area (Å²) in [4.78, 5) is 28.7. The molecule has 46 heavy (non-hydrogen) atoms. The van der Waals surface area contributed by atoms with Crippen LogP contribution in [0, 0.1) is 0 Å². The van der Waals surface area contributed by atoms with Crippen molar-refractivity contribution in [3.8, 4) is 0 Å². The number of fused-ring (bicyclic) bond motifs is 2. The highest BCUT2D eigenvalue weighted by Crippen LogP contribution is 2.38. The van der Waals surface area contributed by atoms with Crippen molar-refractivity contribution in [3.05, 3.63) is 78.7 Å². The largest absolute Gasteiger partial charge is 0.464 e. The lowest BCUT2D eigenvalue weighted by molar-refractivity contribution is -0.121. The van der Waals surface area contributed by atoms with Crippen LogP contribution in [0.25, 0.3) is 21.9 Å². The Morgan fingerprint density at radius 3 is 2.57 bits per heavy atom. The summed E-state index contributed by atoms with van der Waals surface area (Å²) in [6, 6.07) is 14.8. The molecule has 4 aromatic rings. The molecule has 0 aliphatic carbocycles. The number of carbonyl (C=O) groups is 2. The van der Waals surface area contributed by atoms with Crippen LogP contribution in [0.5, 0.6) is 0 Å². The third kappa shape index (κ3) is 8.23. The van der Waals surface area contributed by atoms with Crippen LogP contribution in [-0.4, -0.2) is 106 Å². The topological polar surface area (TPSA) is 110 Å². The summed E-state index contributed by atoms with van der Waals surface area (Å²) < 4.78 is 24.3. The van der Waals surface area contributed by atoms with Gasteiger partial charge in [0.2, 0.25) is 11.8 Å². The van der Waals surface area contributed by atoms with E-state index in [2.05, 4.69) is 76.1 Å². The van der Waals surface area contributed by atoms with E-state index in [1.54, 1.807) is 6.26 Å². The number of likely N-dealkylation sites (N-methyl/N-ethyl adjacent to an activating group) is 1. The van der Waals surface area contributed by atoms with E-state index in [1.165, 1.54) is 17.2 Å². The first-order valence-corrected chi connectivity index (χ1v) is 15.7. The summed E-state index contributed by atoms with van der Waals surface area (Å²) in [7, 11) is 6.34. The van der Waals surface area contributed by atoms with E-state index in [0.29, 0.717) is 51.5 Å². The van der Waals surface area contributed by atoms with Gasteiger partial charge in [-0.15, -0.1) is 0 Å². The molecule has 3 heterocycles. The number of aromatic nitrogens is 1. The van der Waals surface area contributed by atoms with Crippen molar-refractivity contribution in [2.75, 3.05) is 78.7 Å². The number of para-hydroxylation sites is 2. The molecule has 5 rings (SSSR count). The zero-order chi connectivity index (χ0) is 32.5. The van der Waals surface area contributed by atoms with Crippen LogP contribution >= 0.6 is 0 Å². The number of ether oxygens (including phenoxy) is 3. The van der Waals surface area contributed by atoms with Crippen molar-refractivity contribution in [2.24, 2.45) is 7.05 Å². The fraction of sp³-hybridized carbons (Fsp3) is 0.429. The second-order valence-corrected chi connectivity index (χ2v) is 11.8. The van der Waals surface area contributed by atoms with E-state index in [9.17, 15) is 9.59 Å². The van der Waals surface area contributed by atoms with E-state index in [4.69, 9.17) is 18.6 Å². The normalized spacial score (nSPS) is 16.9. The molecule has 246 valence electrons. The van der Waals surface area contributed by atoms with Crippen LogP contribution in [0.3, 0.4) is 0 Å². The number of likely N-dealkylation sites (tertiary alicyclic amines) is 1. The Kier molecular flexibility index (Phi) is 11.6. The molecule has 2 atom stereocenters. The maximum absolute atomic E-state index is 12.8. The molecule has 1 saturated heterocycles. The number of furan rings is 1. The fourth-order valence-electron chi connectivity index (χ4n) is 6.25. The molecule has 0 radical (unpaired) electrons. The van der Waals surface area contributed by atoms with Crippen molar-refractivity contribution in [3.63, 3.8) is 0 Å². The Bertz CT molecular complexity index is 1630. The zero-order valence-electron chi connectivity index (χ0n) is 27.0. The Morgan fingerprint density at radius 2 is 1.78 bits per heavy atom. The van der Waals surface area contributed by atoms with E-state index in [-0.39, 0.29) is 18.4 Å². The number of nitrogens with one attached hydrogen (secondary N) is 2. The molecule has 2 aromatic carbocycles. The minimum atomic E-state index is -0.225. The predicted molar refractivity (Wildman–Crippen MR) is 179 cm³/mol. The molecule has 2 aromatic heterocycles. The molecule has 0 bridgehead atoms. The maximum atomic E-state index is 12.8. The van der Waals surface area contributed by atoms with Gasteiger partial charge in [0, 0.05) is 67.7 Å². The highest BCUT2D eigenvalue weighted by molar-refractivity contribution is 6.02. The van der Waals surface area contributed by atoms with Gasteiger partial charge >= 0.3 is 0 Å². The standard InChI is InChI=1S/C35H45N5O6/c1-5-32(41)36-13-15-43-16-17-44-18-19-45-24-33(42)37-30-11-7-10-27-28(21-39(4)34(27)30)29-22-40(23-31(29)38(2)3)20-26-9-6-8-25-12-14-46-35(25)26/h5-12,14,21,29,31H,1,13,15-20,22-24H2,2-4H3,(H,36,41)(H,37,42)/t29-,31+/m1/s1. The average Bonchev–Trinajstić information content (AvgIpc) is 3.78. The van der Waals surface area contributed by atoms with E-state index in [1.807, 2.05) is 25.2 Å². The molecule has 1 aliphatic heterocycles. The van der Waals surface area contributed by atoms with E-state index in [0.717, 1.165) is 47.2 Å². The first-order chi connectivity index (χ1) is 22.4. The van der Waals surface area contributed by atoms with Gasteiger partial charge in [0.25, 0.3) is 0 Å². The van der Waals surface area contributed by atoms with Gasteiger partial charge in [-0.2, -0.15) is 0 Å². The van der Waals surface area contributed by atoms with Crippen LogP contribution in [0.15, 0.2) is 72.0 Å². The molecule has 0 spiro atoms. The Hall–Kier alpha value is -4.00. The average molecular weight is 632 g/mol. The number of hydrogen-bond donors (Lipinski definition) is 2. The number of hydrogen-bond acceptors (Lipinski definition) is 8. The maximum Gasteiger partial charge on any atom is 0.250 e. The first-order valence-electron chi connectivity index (χ1n) is 15.7. The van der Waals surface area contributed by atoms with Crippen LogP contribution in [-0.2, 0) is 37.4 Å². The lowest BCUT2D eigenvalue weighted by Gasteiger charge is -2.25. The molecule has 1 aliphatic rings. The van der Waals surface area contributed by atoms with Gasteiger partial charge in [0.1, 0.15) is 12.2 Å². The minimum absolute atomic E-state index is 0.0702. The van der Waals surface area contributed by atoms with Gasteiger partial charge in [-0.05, 0) is 37.9 Å². The summed E-state index contributed by atoms with van der Waals surface area (Å²) in [5, 5.41) is 7.96. The van der Waals surface area contributed by atoms with Gasteiger partial charge in [0.05, 0.1) is 50.5 Å². The summed E-state index contributed by atoms with van der Waals surface area (Å²) in [6.45, 7) is 8.28. The SMILES string of the molecule is C=CC(=O)NCCOCCOCCOCC(=O)Nc1cccc2c([C@H]3CN(Cc4cccc5ccoc45)C[C@@H]3N(C)C)cn(C)c12. The molecule has 11 heteroatoms. The number of rotatable bonds is 17.